The van der Waals surface area contributed by atoms with Crippen LogP contribution in [-0.2, 0) is 11.3 Å². The first-order valence-corrected chi connectivity index (χ1v) is 7.04. The molecule has 0 aromatic carbocycles. The van der Waals surface area contributed by atoms with E-state index in [1.807, 2.05) is 6.07 Å². The Kier molecular flexibility index (Phi) is 7.74. The zero-order valence-electron chi connectivity index (χ0n) is 10.5. The van der Waals surface area contributed by atoms with Crippen molar-refractivity contribution in [3.8, 4) is 11.8 Å². The highest BCUT2D eigenvalue weighted by Crippen LogP contribution is 2.16. The smallest absolute Gasteiger partial charge is 0.0809 e. The second-order valence-corrected chi connectivity index (χ2v) is 5.05. The molecule has 0 bridgehead atoms. The Morgan fingerprint density at radius 3 is 2.94 bits per heavy atom. The quantitative estimate of drug-likeness (QED) is 0.597. The number of unbranched alkanes of at least 4 members (excludes halogenated alkanes) is 3. The first-order valence-electron chi connectivity index (χ1n) is 6.22. The molecule has 1 heterocycles. The molecule has 17 heavy (non-hydrogen) atoms. The van der Waals surface area contributed by atoms with Crippen molar-refractivity contribution in [2.24, 2.45) is 5.73 Å². The molecule has 0 amide bonds. The normalized spacial score (nSPS) is 10.0. The monoisotopic (exact) mass is 251 g/mol. The van der Waals surface area contributed by atoms with E-state index in [1.54, 1.807) is 11.3 Å². The average Bonchev–Trinajstić information content (AvgIpc) is 2.79. The molecule has 94 valence electrons. The van der Waals surface area contributed by atoms with Crippen LogP contribution in [0.25, 0.3) is 0 Å². The third-order valence-corrected chi connectivity index (χ3v) is 3.34. The van der Waals surface area contributed by atoms with Crippen LogP contribution in [0.5, 0.6) is 0 Å². The van der Waals surface area contributed by atoms with Gasteiger partial charge in [-0.05, 0) is 18.6 Å². The van der Waals surface area contributed by atoms with Crippen molar-refractivity contribution in [3.05, 3.63) is 21.9 Å². The third kappa shape index (κ3) is 6.48. The Balaban J connectivity index is 2.16. The molecular weight excluding hydrogens is 230 g/mol. The molecule has 0 radical (unpaired) electrons. The summed E-state index contributed by atoms with van der Waals surface area (Å²) in [6, 6.07) is 4.11. The van der Waals surface area contributed by atoms with Crippen molar-refractivity contribution in [1.82, 2.24) is 0 Å². The molecule has 0 aliphatic carbocycles. The Bertz CT molecular complexity index is 362. The molecule has 0 atom stereocenters. The molecule has 0 spiro atoms. The van der Waals surface area contributed by atoms with Crippen molar-refractivity contribution < 1.29 is 4.74 Å². The fourth-order valence-electron chi connectivity index (χ4n) is 1.46. The standard InChI is InChI=1S/C14H21NOS/c1-2-3-4-5-11-16-12-14-9-8-13(17-14)7-6-10-15/h8-9H,2-5,10-12,15H2,1H3. The number of nitrogens with two attached hydrogens (primary N) is 1. The summed E-state index contributed by atoms with van der Waals surface area (Å²) in [4.78, 5) is 2.31. The summed E-state index contributed by atoms with van der Waals surface area (Å²) >= 11 is 1.69. The number of thiophene rings is 1. The van der Waals surface area contributed by atoms with E-state index in [9.17, 15) is 0 Å². The van der Waals surface area contributed by atoms with Crippen LogP contribution in [0.15, 0.2) is 12.1 Å². The van der Waals surface area contributed by atoms with Gasteiger partial charge in [-0.15, -0.1) is 11.3 Å². The largest absolute Gasteiger partial charge is 0.376 e. The van der Waals surface area contributed by atoms with Gasteiger partial charge in [0, 0.05) is 11.5 Å². The average molecular weight is 251 g/mol. The summed E-state index contributed by atoms with van der Waals surface area (Å²) in [5, 5.41) is 0. The van der Waals surface area contributed by atoms with E-state index < -0.39 is 0 Å². The van der Waals surface area contributed by atoms with Gasteiger partial charge in [0.2, 0.25) is 0 Å². The molecule has 1 rings (SSSR count). The number of hydrogen-bond acceptors (Lipinski definition) is 3. The van der Waals surface area contributed by atoms with Crippen molar-refractivity contribution in [1.29, 1.82) is 0 Å². The Hall–Kier alpha value is -0.820. The Labute approximate surface area is 108 Å². The fourth-order valence-corrected chi connectivity index (χ4v) is 2.28. The van der Waals surface area contributed by atoms with Crippen LogP contribution in [0.2, 0.25) is 0 Å². The van der Waals surface area contributed by atoms with E-state index in [4.69, 9.17) is 10.5 Å². The van der Waals surface area contributed by atoms with Crippen molar-refractivity contribution in [2.45, 2.75) is 39.2 Å². The summed E-state index contributed by atoms with van der Waals surface area (Å²) in [7, 11) is 0. The van der Waals surface area contributed by atoms with Gasteiger partial charge in [-0.3, -0.25) is 0 Å². The zero-order chi connectivity index (χ0) is 12.3. The molecule has 0 saturated carbocycles. The highest BCUT2D eigenvalue weighted by atomic mass is 32.1. The van der Waals surface area contributed by atoms with Crippen molar-refractivity contribution in [3.63, 3.8) is 0 Å². The van der Waals surface area contributed by atoms with Gasteiger partial charge in [0.15, 0.2) is 0 Å². The highest BCUT2D eigenvalue weighted by molar-refractivity contribution is 7.12. The SMILES string of the molecule is CCCCCCOCc1ccc(C#CCN)s1. The Morgan fingerprint density at radius 1 is 1.29 bits per heavy atom. The van der Waals surface area contributed by atoms with Crippen LogP contribution in [0.4, 0.5) is 0 Å². The predicted octanol–water partition coefficient (Wildman–Crippen LogP) is 3.16. The van der Waals surface area contributed by atoms with Gasteiger partial charge in [0.05, 0.1) is 18.0 Å². The molecule has 2 nitrogen and oxygen atoms in total. The van der Waals surface area contributed by atoms with Crippen LogP contribution >= 0.6 is 11.3 Å². The molecule has 0 aliphatic heterocycles. The van der Waals surface area contributed by atoms with Gasteiger partial charge < -0.3 is 10.5 Å². The van der Waals surface area contributed by atoms with E-state index in [0.717, 1.165) is 11.5 Å². The predicted molar refractivity (Wildman–Crippen MR) is 74.0 cm³/mol. The summed E-state index contributed by atoms with van der Waals surface area (Å²) in [6.45, 7) is 4.21. The third-order valence-electron chi connectivity index (χ3n) is 2.36. The molecule has 0 unspecified atom stereocenters. The second kappa shape index (κ2) is 9.23. The lowest BCUT2D eigenvalue weighted by atomic mass is 10.2. The van der Waals surface area contributed by atoms with Gasteiger partial charge in [-0.25, -0.2) is 0 Å². The minimum Gasteiger partial charge on any atom is -0.376 e. The van der Waals surface area contributed by atoms with E-state index >= 15 is 0 Å². The Morgan fingerprint density at radius 2 is 2.18 bits per heavy atom. The minimum absolute atomic E-state index is 0.418. The molecule has 2 N–H and O–H groups in total. The number of hydrogen-bond donors (Lipinski definition) is 1. The van der Waals surface area contributed by atoms with Crippen LogP contribution in [-0.4, -0.2) is 13.2 Å². The zero-order valence-corrected chi connectivity index (χ0v) is 11.3. The minimum atomic E-state index is 0.418. The molecule has 0 fully saturated rings. The van der Waals surface area contributed by atoms with Crippen molar-refractivity contribution in [2.75, 3.05) is 13.2 Å². The lowest BCUT2D eigenvalue weighted by Gasteiger charge is -2.01. The lowest BCUT2D eigenvalue weighted by Crippen LogP contribution is -1.93. The molecule has 1 aromatic heterocycles. The topological polar surface area (TPSA) is 35.2 Å². The van der Waals surface area contributed by atoms with Crippen LogP contribution in [0.1, 0.15) is 42.4 Å². The van der Waals surface area contributed by atoms with E-state index in [2.05, 4.69) is 24.8 Å². The number of rotatable bonds is 7. The van der Waals surface area contributed by atoms with E-state index in [0.29, 0.717) is 13.2 Å². The number of ether oxygens (including phenoxy) is 1. The summed E-state index contributed by atoms with van der Waals surface area (Å²) in [5.74, 6) is 5.89. The van der Waals surface area contributed by atoms with Gasteiger partial charge in [-0.2, -0.15) is 0 Å². The lowest BCUT2D eigenvalue weighted by molar-refractivity contribution is 0.119. The maximum absolute atomic E-state index is 5.62. The molecule has 0 saturated heterocycles. The first kappa shape index (κ1) is 14.2. The molecule has 0 aliphatic rings. The van der Waals surface area contributed by atoms with E-state index in [-0.39, 0.29) is 0 Å². The van der Waals surface area contributed by atoms with E-state index in [1.165, 1.54) is 30.6 Å². The maximum Gasteiger partial charge on any atom is 0.0809 e. The fraction of sp³-hybridized carbons (Fsp3) is 0.571. The summed E-state index contributed by atoms with van der Waals surface area (Å²) < 4.78 is 5.62. The van der Waals surface area contributed by atoms with Crippen LogP contribution in [0, 0.1) is 11.8 Å². The first-order chi connectivity index (χ1) is 8.36. The molecular formula is C14H21NOS. The van der Waals surface area contributed by atoms with Gasteiger partial charge >= 0.3 is 0 Å². The summed E-state index contributed by atoms with van der Waals surface area (Å²) in [5.41, 5.74) is 5.33. The van der Waals surface area contributed by atoms with Crippen LogP contribution in [0.3, 0.4) is 0 Å². The molecule has 3 heteroatoms. The second-order valence-electron chi connectivity index (χ2n) is 3.89. The van der Waals surface area contributed by atoms with Gasteiger partial charge in [0.25, 0.3) is 0 Å². The molecule has 1 aromatic rings. The highest BCUT2D eigenvalue weighted by Gasteiger charge is 1.98. The van der Waals surface area contributed by atoms with Gasteiger partial charge in [-0.1, -0.05) is 38.0 Å². The van der Waals surface area contributed by atoms with Gasteiger partial charge in [0.1, 0.15) is 0 Å². The summed E-state index contributed by atoms with van der Waals surface area (Å²) in [6.07, 6.45) is 5.02. The van der Waals surface area contributed by atoms with Crippen molar-refractivity contribution >= 4 is 11.3 Å². The van der Waals surface area contributed by atoms with Crippen LogP contribution < -0.4 is 5.73 Å². The maximum atomic E-state index is 5.62.